The van der Waals surface area contributed by atoms with Crippen molar-refractivity contribution in [2.45, 2.75) is 6.92 Å². The Morgan fingerprint density at radius 1 is 1.59 bits per heavy atom. The number of rotatable bonds is 6. The smallest absolute Gasteiger partial charge is 0.362 e. The molecule has 92 valence electrons. The maximum absolute atomic E-state index is 11.0. The maximum Gasteiger partial charge on any atom is 0.372 e. The summed E-state index contributed by atoms with van der Waals surface area (Å²) in [5.41, 5.74) is 0. The third-order valence-corrected chi connectivity index (χ3v) is 3.01. The number of aromatic nitrogens is 2. The number of nitro groups is 1. The van der Waals surface area contributed by atoms with Gasteiger partial charge in [0.05, 0.1) is 0 Å². The van der Waals surface area contributed by atoms with Crippen LogP contribution in [0, 0.1) is 10.1 Å². The van der Waals surface area contributed by atoms with Crippen molar-refractivity contribution in [2.75, 3.05) is 25.0 Å². The van der Waals surface area contributed by atoms with Crippen LogP contribution in [0.1, 0.15) is 6.92 Å². The SMILES string of the molecule is CCNCCNc1nc2sccn2c1[N+](=O)[O-]. The fourth-order valence-corrected chi connectivity index (χ4v) is 2.22. The molecular formula is C9H13N5O2S. The number of hydrogen-bond acceptors (Lipinski definition) is 6. The lowest BCUT2D eigenvalue weighted by atomic mass is 10.5. The molecular weight excluding hydrogens is 242 g/mol. The van der Waals surface area contributed by atoms with Crippen molar-refractivity contribution >= 4 is 27.9 Å². The highest BCUT2D eigenvalue weighted by Crippen LogP contribution is 2.27. The van der Waals surface area contributed by atoms with E-state index in [0.717, 1.165) is 13.1 Å². The van der Waals surface area contributed by atoms with Crippen LogP contribution in [0.15, 0.2) is 11.6 Å². The molecule has 0 aliphatic heterocycles. The highest BCUT2D eigenvalue weighted by molar-refractivity contribution is 7.15. The second-order valence-electron chi connectivity index (χ2n) is 3.38. The van der Waals surface area contributed by atoms with E-state index < -0.39 is 4.92 Å². The highest BCUT2D eigenvalue weighted by Gasteiger charge is 2.22. The zero-order valence-electron chi connectivity index (χ0n) is 9.34. The van der Waals surface area contributed by atoms with E-state index in [1.54, 1.807) is 11.6 Å². The first-order valence-corrected chi connectivity index (χ1v) is 6.16. The lowest BCUT2D eigenvalue weighted by molar-refractivity contribution is -0.389. The van der Waals surface area contributed by atoms with Gasteiger partial charge in [-0.15, -0.1) is 0 Å². The van der Waals surface area contributed by atoms with Gasteiger partial charge in [-0.25, -0.2) is 0 Å². The average Bonchev–Trinajstić information content (AvgIpc) is 2.83. The summed E-state index contributed by atoms with van der Waals surface area (Å²) in [5.74, 6) is 0.331. The Kier molecular flexibility index (Phi) is 3.55. The van der Waals surface area contributed by atoms with Crippen LogP contribution in [0.25, 0.3) is 4.96 Å². The summed E-state index contributed by atoms with van der Waals surface area (Å²) in [5, 5.41) is 18.9. The van der Waals surface area contributed by atoms with Crippen molar-refractivity contribution in [3.8, 4) is 0 Å². The van der Waals surface area contributed by atoms with Gasteiger partial charge in [-0.05, 0) is 11.5 Å². The summed E-state index contributed by atoms with van der Waals surface area (Å²) >= 11 is 1.38. The van der Waals surface area contributed by atoms with Crippen LogP contribution in [0.3, 0.4) is 0 Å². The molecule has 0 unspecified atom stereocenters. The fourth-order valence-electron chi connectivity index (χ4n) is 1.51. The number of likely N-dealkylation sites (N-methyl/N-ethyl adjacent to an activating group) is 1. The Morgan fingerprint density at radius 3 is 3.12 bits per heavy atom. The van der Waals surface area contributed by atoms with Crippen LogP contribution in [0.4, 0.5) is 11.6 Å². The first-order chi connectivity index (χ1) is 8.24. The van der Waals surface area contributed by atoms with Gasteiger partial charge in [0.1, 0.15) is 6.20 Å². The van der Waals surface area contributed by atoms with Crippen molar-refractivity contribution in [2.24, 2.45) is 0 Å². The first-order valence-electron chi connectivity index (χ1n) is 5.28. The number of thiazole rings is 1. The van der Waals surface area contributed by atoms with Gasteiger partial charge in [0, 0.05) is 18.5 Å². The predicted octanol–water partition coefficient (Wildman–Crippen LogP) is 1.33. The molecule has 0 atom stereocenters. The first kappa shape index (κ1) is 11.8. The van der Waals surface area contributed by atoms with Gasteiger partial charge in [-0.1, -0.05) is 18.3 Å². The topological polar surface area (TPSA) is 84.5 Å². The van der Waals surface area contributed by atoms with Crippen molar-refractivity contribution in [3.05, 3.63) is 21.7 Å². The van der Waals surface area contributed by atoms with Crippen LogP contribution < -0.4 is 10.6 Å². The Labute approximate surface area is 102 Å². The van der Waals surface area contributed by atoms with Crippen LogP contribution in [-0.4, -0.2) is 33.9 Å². The minimum atomic E-state index is -0.414. The van der Waals surface area contributed by atoms with Crippen molar-refractivity contribution in [3.63, 3.8) is 0 Å². The maximum atomic E-state index is 11.0. The number of imidazole rings is 1. The molecule has 2 rings (SSSR count). The van der Waals surface area contributed by atoms with Crippen LogP contribution >= 0.6 is 11.3 Å². The lowest BCUT2D eigenvalue weighted by Gasteiger charge is -2.03. The van der Waals surface area contributed by atoms with E-state index in [1.165, 1.54) is 15.7 Å². The van der Waals surface area contributed by atoms with Gasteiger partial charge >= 0.3 is 5.82 Å². The van der Waals surface area contributed by atoms with Crippen molar-refractivity contribution in [1.29, 1.82) is 0 Å². The molecule has 0 aliphatic rings. The quantitative estimate of drug-likeness (QED) is 0.462. The van der Waals surface area contributed by atoms with Crippen LogP contribution in [0.2, 0.25) is 0 Å². The molecule has 2 N–H and O–H groups in total. The van der Waals surface area contributed by atoms with Gasteiger partial charge in [-0.2, -0.15) is 9.38 Å². The van der Waals surface area contributed by atoms with Crippen LogP contribution in [0.5, 0.6) is 0 Å². The van der Waals surface area contributed by atoms with Crippen LogP contribution in [-0.2, 0) is 0 Å². The Morgan fingerprint density at radius 2 is 2.41 bits per heavy atom. The zero-order chi connectivity index (χ0) is 12.3. The molecule has 2 aromatic heterocycles. The molecule has 0 aliphatic carbocycles. The standard InChI is InChI=1S/C9H13N5O2S/c1-2-10-3-4-11-7-8(14(15)16)13-5-6-17-9(13)12-7/h5-6,10-11H,2-4H2,1H3. The summed E-state index contributed by atoms with van der Waals surface area (Å²) in [6.07, 6.45) is 1.65. The van der Waals surface area contributed by atoms with E-state index in [0.29, 0.717) is 17.3 Å². The fraction of sp³-hybridized carbons (Fsp3) is 0.444. The molecule has 0 amide bonds. The Balaban J connectivity index is 2.17. The van der Waals surface area contributed by atoms with Crippen molar-refractivity contribution in [1.82, 2.24) is 14.7 Å². The Hall–Kier alpha value is -1.67. The van der Waals surface area contributed by atoms with Crippen molar-refractivity contribution < 1.29 is 4.92 Å². The molecule has 2 aromatic rings. The number of nitrogens with zero attached hydrogens (tertiary/aromatic N) is 3. The molecule has 8 heteroatoms. The average molecular weight is 255 g/mol. The van der Waals surface area contributed by atoms with Gasteiger partial charge in [0.2, 0.25) is 5.82 Å². The van der Waals surface area contributed by atoms with Gasteiger partial charge in [0.15, 0.2) is 0 Å². The number of anilines is 1. The largest absolute Gasteiger partial charge is 0.372 e. The van der Waals surface area contributed by atoms with E-state index in [9.17, 15) is 10.1 Å². The van der Waals surface area contributed by atoms with Gasteiger partial charge in [0.25, 0.3) is 4.96 Å². The third kappa shape index (κ3) is 2.37. The highest BCUT2D eigenvalue weighted by atomic mass is 32.1. The normalized spacial score (nSPS) is 10.9. The molecule has 0 aromatic carbocycles. The minimum Gasteiger partial charge on any atom is -0.362 e. The molecule has 2 heterocycles. The monoisotopic (exact) mass is 255 g/mol. The summed E-state index contributed by atoms with van der Waals surface area (Å²) < 4.78 is 1.49. The second-order valence-corrected chi connectivity index (χ2v) is 4.25. The van der Waals surface area contributed by atoms with Gasteiger partial charge in [-0.3, -0.25) is 0 Å². The number of hydrogen-bond donors (Lipinski definition) is 2. The molecule has 0 spiro atoms. The zero-order valence-corrected chi connectivity index (χ0v) is 10.2. The summed E-state index contributed by atoms with van der Waals surface area (Å²) in [7, 11) is 0. The number of fused-ring (bicyclic) bond motifs is 1. The second kappa shape index (κ2) is 5.11. The third-order valence-electron chi connectivity index (χ3n) is 2.25. The molecule has 17 heavy (non-hydrogen) atoms. The van der Waals surface area contributed by atoms with Gasteiger partial charge < -0.3 is 20.7 Å². The Bertz CT molecular complexity index is 520. The molecule has 0 fully saturated rings. The van der Waals surface area contributed by atoms with E-state index in [2.05, 4.69) is 15.6 Å². The number of nitrogens with one attached hydrogen (secondary N) is 2. The molecule has 7 nitrogen and oxygen atoms in total. The molecule has 0 saturated heterocycles. The lowest BCUT2D eigenvalue weighted by Crippen LogP contribution is -2.21. The van der Waals surface area contributed by atoms with E-state index in [4.69, 9.17) is 0 Å². The summed E-state index contributed by atoms with van der Waals surface area (Å²) in [6.45, 7) is 4.25. The molecule has 0 radical (unpaired) electrons. The molecule has 0 bridgehead atoms. The molecule has 0 saturated carbocycles. The summed E-state index contributed by atoms with van der Waals surface area (Å²) in [6, 6.07) is 0. The minimum absolute atomic E-state index is 0.00208. The van der Waals surface area contributed by atoms with E-state index in [1.807, 2.05) is 6.92 Å². The summed E-state index contributed by atoms with van der Waals surface area (Å²) in [4.78, 5) is 15.4. The van der Waals surface area contributed by atoms with E-state index >= 15 is 0 Å². The van der Waals surface area contributed by atoms with E-state index in [-0.39, 0.29) is 5.82 Å². The predicted molar refractivity (Wildman–Crippen MR) is 66.8 cm³/mol.